The zero-order valence-electron chi connectivity index (χ0n) is 11.9. The highest BCUT2D eigenvalue weighted by atomic mass is 19.1. The number of benzene rings is 2. The minimum Gasteiger partial charge on any atom is -0.482 e. The monoisotopic (exact) mass is 314 g/mol. The number of ketones is 1. The SMILES string of the molecule is O=C1C=CC(Oc2ccc(F)cc2)C=C1Oc1ccc(F)cc1. The minimum absolute atomic E-state index is 0.0891. The van der Waals surface area contributed by atoms with Crippen LogP contribution in [0, 0.1) is 11.6 Å². The minimum atomic E-state index is -0.520. The van der Waals surface area contributed by atoms with Crippen LogP contribution < -0.4 is 9.47 Å². The van der Waals surface area contributed by atoms with Crippen molar-refractivity contribution in [2.75, 3.05) is 0 Å². The summed E-state index contributed by atoms with van der Waals surface area (Å²) in [6.07, 6.45) is 3.90. The number of allylic oxidation sites excluding steroid dienone is 1. The second-order valence-corrected chi connectivity index (χ2v) is 4.85. The molecular weight excluding hydrogens is 302 g/mol. The van der Waals surface area contributed by atoms with Crippen LogP contribution in [0.15, 0.2) is 72.5 Å². The first kappa shape index (κ1) is 15.0. The van der Waals surface area contributed by atoms with Gasteiger partial charge < -0.3 is 9.47 Å². The molecular formula is C18H12F2O3. The normalized spacial score (nSPS) is 16.9. The Morgan fingerprint density at radius 3 is 2.00 bits per heavy atom. The molecule has 0 saturated heterocycles. The molecule has 0 N–H and O–H groups in total. The molecule has 23 heavy (non-hydrogen) atoms. The molecule has 0 amide bonds. The fourth-order valence-electron chi connectivity index (χ4n) is 2.01. The van der Waals surface area contributed by atoms with Gasteiger partial charge in [-0.05, 0) is 60.7 Å². The van der Waals surface area contributed by atoms with Gasteiger partial charge in [-0.3, -0.25) is 4.79 Å². The van der Waals surface area contributed by atoms with E-state index in [-0.39, 0.29) is 17.4 Å². The Morgan fingerprint density at radius 1 is 0.826 bits per heavy atom. The maximum atomic E-state index is 12.9. The zero-order chi connectivity index (χ0) is 16.2. The molecule has 2 aromatic rings. The molecule has 1 aliphatic carbocycles. The third kappa shape index (κ3) is 3.83. The Bertz CT molecular complexity index is 762. The molecule has 0 heterocycles. The lowest BCUT2D eigenvalue weighted by Gasteiger charge is -2.17. The van der Waals surface area contributed by atoms with Gasteiger partial charge in [-0.25, -0.2) is 8.78 Å². The van der Waals surface area contributed by atoms with Gasteiger partial charge >= 0.3 is 0 Å². The van der Waals surface area contributed by atoms with Crippen molar-refractivity contribution in [2.24, 2.45) is 0 Å². The Labute approximate surface area is 131 Å². The van der Waals surface area contributed by atoms with E-state index in [1.54, 1.807) is 6.08 Å². The molecule has 0 aromatic heterocycles. The highest BCUT2D eigenvalue weighted by Crippen LogP contribution is 2.20. The number of carbonyl (C=O) groups excluding carboxylic acids is 1. The maximum Gasteiger partial charge on any atom is 0.220 e. The van der Waals surface area contributed by atoms with Crippen LogP contribution in [0.1, 0.15) is 0 Å². The third-order valence-electron chi connectivity index (χ3n) is 3.12. The van der Waals surface area contributed by atoms with Gasteiger partial charge in [-0.15, -0.1) is 0 Å². The Kier molecular flexibility index (Phi) is 4.19. The van der Waals surface area contributed by atoms with Gasteiger partial charge in [-0.2, -0.15) is 0 Å². The van der Waals surface area contributed by atoms with E-state index in [0.717, 1.165) is 0 Å². The van der Waals surface area contributed by atoms with Crippen molar-refractivity contribution < 1.29 is 23.0 Å². The van der Waals surface area contributed by atoms with E-state index in [0.29, 0.717) is 11.5 Å². The van der Waals surface area contributed by atoms with E-state index in [2.05, 4.69) is 0 Å². The molecule has 116 valence electrons. The first-order valence-corrected chi connectivity index (χ1v) is 6.90. The van der Waals surface area contributed by atoms with Crippen molar-refractivity contribution in [1.29, 1.82) is 0 Å². The summed E-state index contributed by atoms with van der Waals surface area (Å²) < 4.78 is 36.8. The molecule has 2 aromatic carbocycles. The standard InChI is InChI=1S/C18H12F2O3/c19-12-1-5-14(6-2-12)22-16-9-10-17(21)18(11-16)23-15-7-3-13(20)4-8-15/h1-11,16H. The molecule has 5 heteroatoms. The van der Waals surface area contributed by atoms with Gasteiger partial charge in [0.15, 0.2) is 5.76 Å². The Balaban J connectivity index is 1.73. The molecule has 3 nitrogen and oxygen atoms in total. The molecule has 3 rings (SSSR count). The van der Waals surface area contributed by atoms with E-state index in [9.17, 15) is 13.6 Å². The third-order valence-corrected chi connectivity index (χ3v) is 3.12. The number of carbonyl (C=O) groups is 1. The van der Waals surface area contributed by atoms with Crippen molar-refractivity contribution in [3.63, 3.8) is 0 Å². The highest BCUT2D eigenvalue weighted by Gasteiger charge is 2.18. The fourth-order valence-corrected chi connectivity index (χ4v) is 2.01. The van der Waals surface area contributed by atoms with E-state index >= 15 is 0 Å². The van der Waals surface area contributed by atoms with Gasteiger partial charge in [-0.1, -0.05) is 0 Å². The summed E-state index contributed by atoms with van der Waals surface area (Å²) >= 11 is 0. The first-order valence-electron chi connectivity index (χ1n) is 6.90. The number of ether oxygens (including phenoxy) is 2. The van der Waals surface area contributed by atoms with Crippen LogP contribution >= 0.6 is 0 Å². The Morgan fingerprint density at radius 2 is 1.39 bits per heavy atom. The molecule has 0 spiro atoms. The van der Waals surface area contributed by atoms with Crippen LogP contribution in [0.4, 0.5) is 8.78 Å². The summed E-state index contributed by atoms with van der Waals surface area (Å²) in [6, 6.07) is 10.9. The van der Waals surface area contributed by atoms with E-state index in [1.165, 1.54) is 60.7 Å². The number of hydrogen-bond acceptors (Lipinski definition) is 3. The number of rotatable bonds is 4. The van der Waals surface area contributed by atoms with Crippen LogP contribution in [-0.2, 0) is 4.79 Å². The van der Waals surface area contributed by atoms with Gasteiger partial charge in [0.2, 0.25) is 5.78 Å². The summed E-state index contributed by atoms with van der Waals surface area (Å²) in [5, 5.41) is 0. The first-order chi connectivity index (χ1) is 11.1. The Hall–Kier alpha value is -2.95. The van der Waals surface area contributed by atoms with Crippen LogP contribution in [0.2, 0.25) is 0 Å². The summed E-state index contributed by atoms with van der Waals surface area (Å²) in [7, 11) is 0. The second kappa shape index (κ2) is 6.44. The van der Waals surface area contributed by atoms with Crippen molar-refractivity contribution in [3.8, 4) is 11.5 Å². The lowest BCUT2D eigenvalue weighted by atomic mass is 10.1. The van der Waals surface area contributed by atoms with E-state index < -0.39 is 11.9 Å². The van der Waals surface area contributed by atoms with Crippen LogP contribution in [0.3, 0.4) is 0 Å². The van der Waals surface area contributed by atoms with Gasteiger partial charge in [0, 0.05) is 6.08 Å². The predicted octanol–water partition coefficient (Wildman–Crippen LogP) is 3.81. The van der Waals surface area contributed by atoms with Crippen LogP contribution in [-0.4, -0.2) is 11.9 Å². The highest BCUT2D eigenvalue weighted by molar-refractivity contribution is 6.03. The van der Waals surface area contributed by atoms with E-state index in [1.807, 2.05) is 0 Å². The largest absolute Gasteiger partial charge is 0.482 e. The zero-order valence-corrected chi connectivity index (χ0v) is 11.9. The second-order valence-electron chi connectivity index (χ2n) is 4.85. The van der Waals surface area contributed by atoms with Crippen molar-refractivity contribution in [3.05, 3.63) is 84.2 Å². The summed E-state index contributed by atoms with van der Waals surface area (Å²) in [6.45, 7) is 0. The summed E-state index contributed by atoms with van der Waals surface area (Å²) in [5.74, 6) is -0.157. The average Bonchev–Trinajstić information content (AvgIpc) is 2.55. The van der Waals surface area contributed by atoms with Crippen molar-refractivity contribution in [2.45, 2.75) is 6.10 Å². The summed E-state index contributed by atoms with van der Waals surface area (Å²) in [4.78, 5) is 11.8. The summed E-state index contributed by atoms with van der Waals surface area (Å²) in [5.41, 5.74) is 0. The van der Waals surface area contributed by atoms with Crippen molar-refractivity contribution in [1.82, 2.24) is 0 Å². The lowest BCUT2D eigenvalue weighted by molar-refractivity contribution is -0.113. The lowest BCUT2D eigenvalue weighted by Crippen LogP contribution is -2.20. The number of halogens is 2. The topological polar surface area (TPSA) is 35.5 Å². The maximum absolute atomic E-state index is 12.9. The molecule has 0 saturated carbocycles. The van der Waals surface area contributed by atoms with Crippen LogP contribution in [0.25, 0.3) is 0 Å². The van der Waals surface area contributed by atoms with Crippen LogP contribution in [0.5, 0.6) is 11.5 Å². The van der Waals surface area contributed by atoms with Gasteiger partial charge in [0.1, 0.15) is 29.2 Å². The molecule has 1 unspecified atom stereocenters. The smallest absolute Gasteiger partial charge is 0.220 e. The molecule has 1 atom stereocenters. The molecule has 0 bridgehead atoms. The average molecular weight is 314 g/mol. The predicted molar refractivity (Wildman–Crippen MR) is 80.1 cm³/mol. The molecule has 0 fully saturated rings. The quantitative estimate of drug-likeness (QED) is 0.861. The fraction of sp³-hybridized carbons (Fsp3) is 0.0556. The molecule has 0 aliphatic heterocycles. The molecule has 0 radical (unpaired) electrons. The number of hydrogen-bond donors (Lipinski definition) is 0. The molecule has 1 aliphatic rings. The van der Waals surface area contributed by atoms with Gasteiger partial charge in [0.25, 0.3) is 0 Å². The van der Waals surface area contributed by atoms with E-state index in [4.69, 9.17) is 9.47 Å². The van der Waals surface area contributed by atoms with Gasteiger partial charge in [0.05, 0.1) is 0 Å². The van der Waals surface area contributed by atoms with Crippen molar-refractivity contribution >= 4 is 5.78 Å².